The van der Waals surface area contributed by atoms with Crippen molar-refractivity contribution in [2.45, 2.75) is 10.9 Å². The largest absolute Gasteiger partial charge is 0.507 e. The molecular formula is C25H21ClN2O7S. The Labute approximate surface area is 212 Å². The summed E-state index contributed by atoms with van der Waals surface area (Å²) in [6.45, 7) is 0. The average Bonchev–Trinajstić information content (AvgIpc) is 3.13. The van der Waals surface area contributed by atoms with Gasteiger partial charge in [-0.3, -0.25) is 14.5 Å². The maximum Gasteiger partial charge on any atom is 0.300 e. The van der Waals surface area contributed by atoms with Crippen molar-refractivity contribution in [3.63, 3.8) is 0 Å². The molecule has 0 aromatic heterocycles. The van der Waals surface area contributed by atoms with E-state index in [2.05, 4.69) is 0 Å². The summed E-state index contributed by atoms with van der Waals surface area (Å²) in [4.78, 5) is 27.6. The predicted octanol–water partition coefficient (Wildman–Crippen LogP) is 3.63. The molecule has 3 aromatic carbocycles. The molecule has 9 nitrogen and oxygen atoms in total. The molecule has 0 saturated carbocycles. The number of carbonyl (C=O) groups is 2. The molecule has 0 spiro atoms. The van der Waals surface area contributed by atoms with Gasteiger partial charge in [0.1, 0.15) is 17.3 Å². The highest BCUT2D eigenvalue weighted by Crippen LogP contribution is 2.43. The van der Waals surface area contributed by atoms with E-state index < -0.39 is 33.5 Å². The molecule has 3 N–H and O–H groups in total. The first-order valence-electron chi connectivity index (χ1n) is 10.5. The number of carbonyl (C=O) groups excluding carboxylic acids is 2. The van der Waals surface area contributed by atoms with Crippen LogP contribution in [0.15, 0.2) is 77.2 Å². The van der Waals surface area contributed by atoms with Crippen molar-refractivity contribution in [1.29, 1.82) is 0 Å². The highest BCUT2D eigenvalue weighted by molar-refractivity contribution is 7.89. The van der Waals surface area contributed by atoms with Crippen molar-refractivity contribution < 1.29 is 32.6 Å². The number of ketones is 1. The lowest BCUT2D eigenvalue weighted by Crippen LogP contribution is -2.29. The van der Waals surface area contributed by atoms with Crippen LogP contribution in [0.3, 0.4) is 0 Å². The first kappa shape index (κ1) is 25.2. The Hall–Kier alpha value is -3.86. The van der Waals surface area contributed by atoms with Crippen LogP contribution in [0.1, 0.15) is 17.2 Å². The molecule has 0 aliphatic carbocycles. The Balaban J connectivity index is 1.94. The number of amides is 1. The lowest BCUT2D eigenvalue weighted by Gasteiger charge is -2.25. The first-order chi connectivity index (χ1) is 17.1. The topological polar surface area (TPSA) is 136 Å². The zero-order chi connectivity index (χ0) is 26.2. The number of nitrogens with zero attached hydrogens (tertiary/aromatic N) is 1. The number of hydrogen-bond donors (Lipinski definition) is 2. The number of sulfonamides is 1. The van der Waals surface area contributed by atoms with Gasteiger partial charge in [0.2, 0.25) is 10.0 Å². The number of aliphatic hydroxyl groups is 1. The summed E-state index contributed by atoms with van der Waals surface area (Å²) in [6, 6.07) is 15.3. The number of aliphatic hydroxyl groups excluding tert-OH is 1. The quantitative estimate of drug-likeness (QED) is 0.283. The van der Waals surface area contributed by atoms with Gasteiger partial charge >= 0.3 is 0 Å². The molecule has 1 amide bonds. The van der Waals surface area contributed by atoms with E-state index in [1.54, 1.807) is 30.3 Å². The fourth-order valence-corrected chi connectivity index (χ4v) is 4.68. The standard InChI is InChI=1S/C25H21ClN2O7S/c1-34-16-7-3-14(4-8-16)22-21(23(29)19-13-17(35-2)9-12-20(19)26)24(30)25(31)28(22)15-5-10-18(11-6-15)36(27,32)33/h3-13,22,29H,1-2H3,(H2,27,32,33)/b23-21+. The minimum absolute atomic E-state index is 0.108. The molecule has 3 aromatic rings. The number of methoxy groups -OCH3 is 2. The van der Waals surface area contributed by atoms with E-state index in [9.17, 15) is 23.1 Å². The van der Waals surface area contributed by atoms with Gasteiger partial charge in [0.25, 0.3) is 11.7 Å². The summed E-state index contributed by atoms with van der Waals surface area (Å²) in [7, 11) is -1.03. The van der Waals surface area contributed by atoms with E-state index in [4.69, 9.17) is 26.2 Å². The van der Waals surface area contributed by atoms with Crippen LogP contribution in [-0.4, -0.2) is 39.4 Å². The van der Waals surface area contributed by atoms with Gasteiger partial charge in [-0.1, -0.05) is 23.7 Å². The monoisotopic (exact) mass is 528 g/mol. The molecule has 36 heavy (non-hydrogen) atoms. The van der Waals surface area contributed by atoms with Gasteiger partial charge in [0.05, 0.1) is 35.8 Å². The second-order valence-electron chi connectivity index (χ2n) is 7.83. The van der Waals surface area contributed by atoms with Crippen LogP contribution < -0.4 is 19.5 Å². The van der Waals surface area contributed by atoms with Crippen LogP contribution >= 0.6 is 11.6 Å². The van der Waals surface area contributed by atoms with Crippen LogP contribution in [0.5, 0.6) is 11.5 Å². The Morgan fingerprint density at radius 1 is 0.944 bits per heavy atom. The molecule has 4 rings (SSSR count). The molecule has 1 aliphatic heterocycles. The van der Waals surface area contributed by atoms with Crippen LogP contribution in [-0.2, 0) is 19.6 Å². The van der Waals surface area contributed by atoms with Crippen molar-refractivity contribution in [1.82, 2.24) is 0 Å². The highest BCUT2D eigenvalue weighted by atomic mass is 35.5. The molecule has 186 valence electrons. The number of nitrogens with two attached hydrogens (primary N) is 1. The summed E-state index contributed by atoms with van der Waals surface area (Å²) in [5.41, 5.74) is 0.625. The molecule has 11 heteroatoms. The van der Waals surface area contributed by atoms with Gasteiger partial charge < -0.3 is 14.6 Å². The minimum atomic E-state index is -3.97. The number of halogens is 1. The SMILES string of the molecule is COc1ccc(C2/C(=C(\O)c3cc(OC)ccc3Cl)C(=O)C(=O)N2c2ccc(S(N)(=O)=O)cc2)cc1. The fourth-order valence-electron chi connectivity index (χ4n) is 3.95. The van der Waals surface area contributed by atoms with Crippen molar-refractivity contribution in [3.05, 3.63) is 88.5 Å². The van der Waals surface area contributed by atoms with Crippen LogP contribution in [0.4, 0.5) is 5.69 Å². The summed E-state index contributed by atoms with van der Waals surface area (Å²) in [6.07, 6.45) is 0. The van der Waals surface area contributed by atoms with Crippen LogP contribution in [0.25, 0.3) is 5.76 Å². The van der Waals surface area contributed by atoms with Gasteiger partial charge in [-0.15, -0.1) is 0 Å². The van der Waals surface area contributed by atoms with Gasteiger partial charge in [0, 0.05) is 11.3 Å². The van der Waals surface area contributed by atoms with Gasteiger partial charge in [-0.25, -0.2) is 13.6 Å². The minimum Gasteiger partial charge on any atom is -0.507 e. The first-order valence-corrected chi connectivity index (χ1v) is 12.4. The van der Waals surface area contributed by atoms with E-state index >= 15 is 0 Å². The number of hydrogen-bond acceptors (Lipinski definition) is 7. The average molecular weight is 529 g/mol. The zero-order valence-electron chi connectivity index (χ0n) is 19.1. The van der Waals surface area contributed by atoms with Gasteiger partial charge in [-0.05, 0) is 60.2 Å². The third kappa shape index (κ3) is 4.53. The Bertz CT molecular complexity index is 1480. The summed E-state index contributed by atoms with van der Waals surface area (Å²) >= 11 is 6.31. The Kier molecular flexibility index (Phi) is 6.77. The van der Waals surface area contributed by atoms with Crippen molar-refractivity contribution in [2.75, 3.05) is 19.1 Å². The van der Waals surface area contributed by atoms with E-state index in [0.717, 1.165) is 0 Å². The molecule has 1 fully saturated rings. The summed E-state index contributed by atoms with van der Waals surface area (Å²) in [5.74, 6) is -1.41. The van der Waals surface area contributed by atoms with Crippen molar-refractivity contribution >= 4 is 44.8 Å². The number of anilines is 1. The fraction of sp³-hybridized carbons (Fsp3) is 0.120. The highest BCUT2D eigenvalue weighted by Gasteiger charge is 2.47. The molecule has 1 atom stereocenters. The lowest BCUT2D eigenvalue weighted by atomic mass is 9.95. The molecule has 0 radical (unpaired) electrons. The van der Waals surface area contributed by atoms with E-state index in [1.165, 1.54) is 55.5 Å². The molecule has 1 heterocycles. The second-order valence-corrected chi connectivity index (χ2v) is 9.80. The Morgan fingerprint density at radius 2 is 1.53 bits per heavy atom. The van der Waals surface area contributed by atoms with Gasteiger partial charge in [0.15, 0.2) is 0 Å². The van der Waals surface area contributed by atoms with E-state index in [1.807, 2.05) is 0 Å². The summed E-state index contributed by atoms with van der Waals surface area (Å²) < 4.78 is 33.8. The van der Waals surface area contributed by atoms with E-state index in [-0.39, 0.29) is 26.7 Å². The number of ether oxygens (including phenoxy) is 2. The second kappa shape index (κ2) is 9.65. The Morgan fingerprint density at radius 3 is 2.08 bits per heavy atom. The zero-order valence-corrected chi connectivity index (χ0v) is 20.7. The normalized spacial score (nSPS) is 17.3. The lowest BCUT2D eigenvalue weighted by molar-refractivity contribution is -0.132. The van der Waals surface area contributed by atoms with Crippen molar-refractivity contribution in [3.8, 4) is 11.5 Å². The summed E-state index contributed by atoms with van der Waals surface area (Å²) in [5, 5.41) is 16.6. The molecule has 1 unspecified atom stereocenters. The molecule has 0 bridgehead atoms. The molecule has 1 aliphatic rings. The smallest absolute Gasteiger partial charge is 0.300 e. The maximum atomic E-state index is 13.3. The number of primary sulfonamides is 1. The molecule has 1 saturated heterocycles. The third-order valence-corrected chi connectivity index (χ3v) is 7.01. The maximum absolute atomic E-state index is 13.3. The van der Waals surface area contributed by atoms with Crippen LogP contribution in [0.2, 0.25) is 5.02 Å². The molecular weight excluding hydrogens is 508 g/mol. The van der Waals surface area contributed by atoms with Crippen LogP contribution in [0, 0.1) is 0 Å². The number of Topliss-reactive ketones (excluding diaryl/α,β-unsaturated/α-hetero) is 1. The van der Waals surface area contributed by atoms with Gasteiger partial charge in [-0.2, -0.15) is 0 Å². The van der Waals surface area contributed by atoms with Crippen molar-refractivity contribution in [2.24, 2.45) is 5.14 Å². The number of benzene rings is 3. The predicted molar refractivity (Wildman–Crippen MR) is 134 cm³/mol. The van der Waals surface area contributed by atoms with E-state index in [0.29, 0.717) is 17.1 Å². The number of rotatable bonds is 6. The third-order valence-electron chi connectivity index (χ3n) is 5.75.